The summed E-state index contributed by atoms with van der Waals surface area (Å²) >= 11 is 0. The van der Waals surface area contributed by atoms with Gasteiger partial charge in [-0.3, -0.25) is 0 Å². The summed E-state index contributed by atoms with van der Waals surface area (Å²) in [7, 11) is 2.22. The highest BCUT2D eigenvalue weighted by molar-refractivity contribution is 4.93. The van der Waals surface area contributed by atoms with Gasteiger partial charge in [-0.05, 0) is 52.2 Å². The van der Waals surface area contributed by atoms with Gasteiger partial charge in [0, 0.05) is 30.5 Å². The first-order valence-corrected chi connectivity index (χ1v) is 7.25. The van der Waals surface area contributed by atoms with Gasteiger partial charge in [-0.25, -0.2) is 4.98 Å². The number of likely N-dealkylation sites (tertiary alicyclic amines) is 1. The van der Waals surface area contributed by atoms with E-state index in [0.29, 0.717) is 12.1 Å². The van der Waals surface area contributed by atoms with E-state index in [9.17, 15) is 0 Å². The molecule has 0 aromatic carbocycles. The molecule has 1 N–H and O–H groups in total. The molecule has 3 rings (SSSR count). The topological polar surface area (TPSA) is 33.1 Å². The molecule has 2 fully saturated rings. The zero-order valence-corrected chi connectivity index (χ0v) is 11.3. The highest BCUT2D eigenvalue weighted by atomic mass is 15.1. The molecule has 0 radical (unpaired) electrons. The maximum absolute atomic E-state index is 4.19. The van der Waals surface area contributed by atoms with Crippen molar-refractivity contribution in [2.24, 2.45) is 0 Å². The minimum absolute atomic E-state index is 0.618. The van der Waals surface area contributed by atoms with Crippen molar-refractivity contribution in [3.05, 3.63) is 18.7 Å². The molecule has 4 nitrogen and oxygen atoms in total. The molecular weight excluding hydrogens is 224 g/mol. The second-order valence-corrected chi connectivity index (χ2v) is 5.86. The van der Waals surface area contributed by atoms with E-state index in [-0.39, 0.29) is 0 Å². The Balaban J connectivity index is 1.58. The number of piperidine rings is 1. The third kappa shape index (κ3) is 2.59. The van der Waals surface area contributed by atoms with E-state index in [2.05, 4.69) is 33.0 Å². The molecule has 1 saturated carbocycles. The van der Waals surface area contributed by atoms with Gasteiger partial charge in [0.15, 0.2) is 0 Å². The van der Waals surface area contributed by atoms with Crippen LogP contribution in [0.5, 0.6) is 0 Å². The molecule has 0 amide bonds. The average molecular weight is 248 g/mol. The van der Waals surface area contributed by atoms with Crippen molar-refractivity contribution >= 4 is 0 Å². The molecule has 1 aromatic heterocycles. The van der Waals surface area contributed by atoms with Crippen LogP contribution in [-0.4, -0.2) is 46.7 Å². The fraction of sp³-hybridized carbons (Fsp3) is 0.786. The van der Waals surface area contributed by atoms with Crippen LogP contribution in [0.3, 0.4) is 0 Å². The Morgan fingerprint density at radius 1 is 1.17 bits per heavy atom. The van der Waals surface area contributed by atoms with Crippen LogP contribution < -0.4 is 5.32 Å². The highest BCUT2D eigenvalue weighted by Crippen LogP contribution is 2.30. The van der Waals surface area contributed by atoms with E-state index in [1.54, 1.807) is 0 Å². The minimum atomic E-state index is 0.618. The highest BCUT2D eigenvalue weighted by Gasteiger charge is 2.30. The molecule has 2 aliphatic rings. The van der Waals surface area contributed by atoms with Crippen LogP contribution in [0, 0.1) is 0 Å². The zero-order chi connectivity index (χ0) is 12.4. The summed E-state index contributed by atoms with van der Waals surface area (Å²) in [6.07, 6.45) is 12.5. The molecule has 18 heavy (non-hydrogen) atoms. The lowest BCUT2D eigenvalue weighted by molar-refractivity contribution is 0.215. The van der Waals surface area contributed by atoms with Crippen LogP contribution in [0.2, 0.25) is 0 Å². The largest absolute Gasteiger partial charge is 0.333 e. The molecule has 2 heterocycles. The van der Waals surface area contributed by atoms with E-state index < -0.39 is 0 Å². The first-order valence-electron chi connectivity index (χ1n) is 7.25. The smallest absolute Gasteiger partial charge is 0.0949 e. The number of nitrogens with zero attached hydrogens (tertiary/aromatic N) is 3. The van der Waals surface area contributed by atoms with Gasteiger partial charge in [0.2, 0.25) is 0 Å². The molecule has 1 aliphatic heterocycles. The summed E-state index contributed by atoms with van der Waals surface area (Å²) in [5.41, 5.74) is 0. The Kier molecular flexibility index (Phi) is 3.66. The van der Waals surface area contributed by atoms with Gasteiger partial charge in [-0.2, -0.15) is 0 Å². The molecule has 1 aromatic rings. The first kappa shape index (κ1) is 12.2. The number of hydrogen-bond acceptors (Lipinski definition) is 3. The number of imidazole rings is 1. The van der Waals surface area contributed by atoms with Crippen molar-refractivity contribution in [1.29, 1.82) is 0 Å². The Hall–Kier alpha value is -0.870. The standard InChI is InChI=1S/C14H24N4/c1-17-8-5-12(6-9-17)16-13-3-2-4-14(13)18-10-7-15-11-18/h7,10-14,16H,2-6,8-9H2,1H3. The van der Waals surface area contributed by atoms with Gasteiger partial charge in [0.1, 0.15) is 0 Å². The van der Waals surface area contributed by atoms with Gasteiger partial charge >= 0.3 is 0 Å². The Bertz CT molecular complexity index is 354. The summed E-state index contributed by atoms with van der Waals surface area (Å²) in [6.45, 7) is 2.47. The van der Waals surface area contributed by atoms with Crippen LogP contribution in [0.1, 0.15) is 38.1 Å². The van der Waals surface area contributed by atoms with Crippen LogP contribution in [0.25, 0.3) is 0 Å². The Morgan fingerprint density at radius 3 is 2.72 bits per heavy atom. The number of aromatic nitrogens is 2. The molecule has 2 atom stereocenters. The molecule has 4 heteroatoms. The van der Waals surface area contributed by atoms with Crippen molar-refractivity contribution in [1.82, 2.24) is 19.8 Å². The number of hydrogen-bond donors (Lipinski definition) is 1. The lowest BCUT2D eigenvalue weighted by Gasteiger charge is -2.33. The van der Waals surface area contributed by atoms with Gasteiger partial charge in [0.25, 0.3) is 0 Å². The van der Waals surface area contributed by atoms with Crippen molar-refractivity contribution in [3.63, 3.8) is 0 Å². The Labute approximate surface area is 109 Å². The second-order valence-electron chi connectivity index (χ2n) is 5.86. The summed E-state index contributed by atoms with van der Waals surface area (Å²) in [5.74, 6) is 0. The van der Waals surface area contributed by atoms with Crippen LogP contribution >= 0.6 is 0 Å². The molecule has 0 spiro atoms. The van der Waals surface area contributed by atoms with Gasteiger partial charge in [0.05, 0.1) is 6.33 Å². The molecule has 1 saturated heterocycles. The predicted molar refractivity (Wildman–Crippen MR) is 72.6 cm³/mol. The number of rotatable bonds is 3. The van der Waals surface area contributed by atoms with E-state index in [1.165, 1.54) is 45.2 Å². The van der Waals surface area contributed by atoms with E-state index in [0.717, 1.165) is 6.04 Å². The third-order valence-electron chi connectivity index (χ3n) is 4.56. The predicted octanol–water partition coefficient (Wildman–Crippen LogP) is 1.66. The SMILES string of the molecule is CN1CCC(NC2CCCC2n2ccnc2)CC1. The van der Waals surface area contributed by atoms with Crippen LogP contribution in [0.15, 0.2) is 18.7 Å². The Morgan fingerprint density at radius 2 is 2.00 bits per heavy atom. The summed E-state index contributed by atoms with van der Waals surface area (Å²) in [4.78, 5) is 6.62. The van der Waals surface area contributed by atoms with Crippen molar-refractivity contribution < 1.29 is 0 Å². The van der Waals surface area contributed by atoms with E-state index >= 15 is 0 Å². The lowest BCUT2D eigenvalue weighted by atomic mass is 10.0. The normalized spacial score (nSPS) is 30.9. The fourth-order valence-electron chi connectivity index (χ4n) is 3.44. The van der Waals surface area contributed by atoms with E-state index in [4.69, 9.17) is 0 Å². The number of nitrogens with one attached hydrogen (secondary N) is 1. The zero-order valence-electron chi connectivity index (χ0n) is 11.3. The monoisotopic (exact) mass is 248 g/mol. The van der Waals surface area contributed by atoms with E-state index in [1.807, 2.05) is 12.5 Å². The fourth-order valence-corrected chi connectivity index (χ4v) is 3.44. The summed E-state index contributed by atoms with van der Waals surface area (Å²) < 4.78 is 2.29. The average Bonchev–Trinajstić information content (AvgIpc) is 3.02. The maximum atomic E-state index is 4.19. The van der Waals surface area contributed by atoms with Crippen LogP contribution in [0.4, 0.5) is 0 Å². The summed E-state index contributed by atoms with van der Waals surface area (Å²) in [5, 5.41) is 3.90. The molecule has 2 unspecified atom stereocenters. The third-order valence-corrected chi connectivity index (χ3v) is 4.56. The van der Waals surface area contributed by atoms with Crippen LogP contribution in [-0.2, 0) is 0 Å². The van der Waals surface area contributed by atoms with Gasteiger partial charge < -0.3 is 14.8 Å². The van der Waals surface area contributed by atoms with Crippen molar-refractivity contribution in [2.75, 3.05) is 20.1 Å². The minimum Gasteiger partial charge on any atom is -0.333 e. The molecule has 0 bridgehead atoms. The molecule has 100 valence electrons. The van der Waals surface area contributed by atoms with Gasteiger partial charge in [-0.1, -0.05) is 0 Å². The summed E-state index contributed by atoms with van der Waals surface area (Å²) in [6, 6.07) is 1.98. The maximum Gasteiger partial charge on any atom is 0.0949 e. The lowest BCUT2D eigenvalue weighted by Crippen LogP contribution is -2.46. The molecular formula is C14H24N4. The van der Waals surface area contributed by atoms with Crippen molar-refractivity contribution in [3.8, 4) is 0 Å². The molecule has 1 aliphatic carbocycles. The second kappa shape index (κ2) is 5.41. The van der Waals surface area contributed by atoms with Gasteiger partial charge in [-0.15, -0.1) is 0 Å². The quantitative estimate of drug-likeness (QED) is 0.883. The first-order chi connectivity index (χ1) is 8.83. The van der Waals surface area contributed by atoms with Crippen molar-refractivity contribution in [2.45, 2.75) is 50.2 Å².